The summed E-state index contributed by atoms with van der Waals surface area (Å²) < 4.78 is 0.781. The van der Waals surface area contributed by atoms with Gasteiger partial charge in [0.1, 0.15) is 0 Å². The first-order valence-electron chi connectivity index (χ1n) is 4.37. The lowest BCUT2D eigenvalue weighted by Gasteiger charge is -1.96. The average Bonchev–Trinajstić information content (AvgIpc) is 2.59. The number of imidazole rings is 1. The van der Waals surface area contributed by atoms with Crippen molar-refractivity contribution in [3.05, 3.63) is 41.1 Å². The highest BCUT2D eigenvalue weighted by molar-refractivity contribution is 9.10. The molecule has 0 atom stereocenters. The lowest BCUT2D eigenvalue weighted by Crippen LogP contribution is -1.74. The van der Waals surface area contributed by atoms with Crippen LogP contribution in [-0.4, -0.2) is 9.97 Å². The number of nitrogens with one attached hydrogen (secondary N) is 1. The molecule has 3 heteroatoms. The molecule has 0 saturated heterocycles. The van der Waals surface area contributed by atoms with Crippen LogP contribution in [0.2, 0.25) is 0 Å². The molecule has 0 spiro atoms. The van der Waals surface area contributed by atoms with Gasteiger partial charge in [-0.1, -0.05) is 30.3 Å². The van der Waals surface area contributed by atoms with Crippen molar-refractivity contribution in [3.63, 3.8) is 0 Å². The summed E-state index contributed by atoms with van der Waals surface area (Å²) in [4.78, 5) is 7.56. The van der Waals surface area contributed by atoms with Gasteiger partial charge in [0.15, 0.2) is 4.73 Å². The van der Waals surface area contributed by atoms with Gasteiger partial charge in [-0.25, -0.2) is 4.98 Å². The number of rotatable bonds is 0. The highest BCUT2D eigenvalue weighted by Gasteiger charge is 2.03. The first-order chi connectivity index (χ1) is 6.84. The van der Waals surface area contributed by atoms with Gasteiger partial charge in [0.2, 0.25) is 0 Å². The maximum atomic E-state index is 4.40. The lowest BCUT2D eigenvalue weighted by atomic mass is 10.1. The van der Waals surface area contributed by atoms with Crippen molar-refractivity contribution in [2.45, 2.75) is 0 Å². The number of aromatic nitrogens is 2. The van der Waals surface area contributed by atoms with Crippen LogP contribution in [0.15, 0.2) is 41.1 Å². The van der Waals surface area contributed by atoms with E-state index in [2.05, 4.69) is 50.2 Å². The summed E-state index contributed by atoms with van der Waals surface area (Å²) in [6.07, 6.45) is 0. The van der Waals surface area contributed by atoms with Crippen molar-refractivity contribution in [2.75, 3.05) is 0 Å². The predicted molar refractivity (Wildman–Crippen MR) is 61.3 cm³/mol. The Bertz CT molecular complexity index is 613. The Morgan fingerprint density at radius 1 is 1.07 bits per heavy atom. The molecule has 0 aliphatic heterocycles. The highest BCUT2D eigenvalue weighted by Crippen LogP contribution is 2.24. The second-order valence-corrected chi connectivity index (χ2v) is 3.96. The van der Waals surface area contributed by atoms with Gasteiger partial charge in [-0.15, -0.1) is 0 Å². The van der Waals surface area contributed by atoms with Crippen LogP contribution in [0, 0.1) is 0 Å². The number of aromatic amines is 1. The van der Waals surface area contributed by atoms with Crippen LogP contribution in [-0.2, 0) is 0 Å². The molecule has 68 valence electrons. The van der Waals surface area contributed by atoms with Crippen molar-refractivity contribution in [3.8, 4) is 0 Å². The number of hydrogen-bond donors (Lipinski definition) is 1. The van der Waals surface area contributed by atoms with Gasteiger partial charge in [-0.2, -0.15) is 0 Å². The molecule has 14 heavy (non-hydrogen) atoms. The summed E-state index contributed by atoms with van der Waals surface area (Å²) in [5.41, 5.74) is 2.09. The fraction of sp³-hybridized carbons (Fsp3) is 0. The van der Waals surface area contributed by atoms with E-state index in [0.29, 0.717) is 0 Å². The predicted octanol–water partition coefficient (Wildman–Crippen LogP) is 3.48. The Morgan fingerprint density at radius 3 is 2.86 bits per heavy atom. The lowest BCUT2D eigenvalue weighted by molar-refractivity contribution is 1.27. The molecule has 2 nitrogen and oxygen atoms in total. The van der Waals surface area contributed by atoms with Gasteiger partial charge in [-0.05, 0) is 27.4 Å². The first-order valence-corrected chi connectivity index (χ1v) is 5.17. The average molecular weight is 247 g/mol. The van der Waals surface area contributed by atoms with Crippen LogP contribution >= 0.6 is 15.9 Å². The van der Waals surface area contributed by atoms with Gasteiger partial charge >= 0.3 is 0 Å². The molecule has 1 heterocycles. The Hall–Kier alpha value is -1.35. The van der Waals surface area contributed by atoms with Crippen LogP contribution in [0.25, 0.3) is 21.8 Å². The molecule has 0 amide bonds. The first kappa shape index (κ1) is 8.00. The zero-order valence-electron chi connectivity index (χ0n) is 7.29. The van der Waals surface area contributed by atoms with E-state index in [1.54, 1.807) is 0 Å². The van der Waals surface area contributed by atoms with Crippen LogP contribution in [0.1, 0.15) is 0 Å². The largest absolute Gasteiger partial charge is 0.332 e. The minimum absolute atomic E-state index is 0.781. The summed E-state index contributed by atoms with van der Waals surface area (Å²) in [7, 11) is 0. The summed E-state index contributed by atoms with van der Waals surface area (Å²) in [6.45, 7) is 0. The van der Waals surface area contributed by atoms with E-state index in [1.165, 1.54) is 10.8 Å². The van der Waals surface area contributed by atoms with E-state index in [0.717, 1.165) is 15.8 Å². The fourth-order valence-electron chi connectivity index (χ4n) is 1.71. The molecule has 0 bridgehead atoms. The Labute approximate surface area is 89.1 Å². The number of H-pyrrole nitrogens is 1. The van der Waals surface area contributed by atoms with Gasteiger partial charge in [0.05, 0.1) is 11.0 Å². The SMILES string of the molecule is Brc1nc2c(ccc3ccccc32)[nH]1. The summed E-state index contributed by atoms with van der Waals surface area (Å²) in [5.74, 6) is 0. The van der Waals surface area contributed by atoms with Crippen molar-refractivity contribution in [1.29, 1.82) is 0 Å². The molecule has 0 aliphatic carbocycles. The quantitative estimate of drug-likeness (QED) is 0.647. The topological polar surface area (TPSA) is 28.7 Å². The maximum absolute atomic E-state index is 4.40. The van der Waals surface area contributed by atoms with Crippen LogP contribution in [0.4, 0.5) is 0 Å². The molecule has 0 unspecified atom stereocenters. The number of hydrogen-bond acceptors (Lipinski definition) is 1. The molecule has 0 fully saturated rings. The molecule has 1 aromatic heterocycles. The third-order valence-corrected chi connectivity index (χ3v) is 2.72. The van der Waals surface area contributed by atoms with E-state index in [4.69, 9.17) is 0 Å². The van der Waals surface area contributed by atoms with Crippen molar-refractivity contribution >= 4 is 37.7 Å². The molecule has 1 N–H and O–H groups in total. The minimum atomic E-state index is 0.781. The molecule has 0 saturated carbocycles. The summed E-state index contributed by atoms with van der Waals surface area (Å²) in [5, 5.41) is 2.41. The monoisotopic (exact) mass is 246 g/mol. The standard InChI is InChI=1S/C11H7BrN2/c12-11-13-9-6-5-7-3-1-2-4-8(7)10(9)14-11/h1-6H,(H,13,14). The minimum Gasteiger partial charge on any atom is -0.332 e. The third kappa shape index (κ3) is 1.06. The van der Waals surface area contributed by atoms with Gasteiger partial charge in [0.25, 0.3) is 0 Å². The van der Waals surface area contributed by atoms with E-state index in [9.17, 15) is 0 Å². The Kier molecular flexibility index (Phi) is 1.61. The third-order valence-electron chi connectivity index (χ3n) is 2.35. The molecule has 0 radical (unpaired) electrons. The maximum Gasteiger partial charge on any atom is 0.175 e. The van der Waals surface area contributed by atoms with Crippen molar-refractivity contribution in [1.82, 2.24) is 9.97 Å². The van der Waals surface area contributed by atoms with Crippen LogP contribution in [0.3, 0.4) is 0 Å². The molecule has 0 aliphatic rings. The highest BCUT2D eigenvalue weighted by atomic mass is 79.9. The molecular formula is C11H7BrN2. The van der Waals surface area contributed by atoms with Gasteiger partial charge < -0.3 is 4.98 Å². The second-order valence-electron chi connectivity index (χ2n) is 3.21. The van der Waals surface area contributed by atoms with Crippen molar-refractivity contribution < 1.29 is 0 Å². The number of benzene rings is 2. The van der Waals surface area contributed by atoms with Gasteiger partial charge in [-0.3, -0.25) is 0 Å². The zero-order chi connectivity index (χ0) is 9.54. The van der Waals surface area contributed by atoms with Crippen LogP contribution in [0.5, 0.6) is 0 Å². The summed E-state index contributed by atoms with van der Waals surface area (Å²) >= 11 is 3.34. The smallest absolute Gasteiger partial charge is 0.175 e. The number of fused-ring (bicyclic) bond motifs is 3. The number of nitrogens with zero attached hydrogens (tertiary/aromatic N) is 1. The van der Waals surface area contributed by atoms with E-state index < -0.39 is 0 Å². The molecule has 3 aromatic rings. The second kappa shape index (κ2) is 2.82. The van der Waals surface area contributed by atoms with E-state index in [1.807, 2.05) is 12.1 Å². The number of halogens is 1. The van der Waals surface area contributed by atoms with Gasteiger partial charge in [0, 0.05) is 5.39 Å². The Morgan fingerprint density at radius 2 is 1.93 bits per heavy atom. The fourth-order valence-corrected chi connectivity index (χ4v) is 2.10. The van der Waals surface area contributed by atoms with Crippen molar-refractivity contribution in [2.24, 2.45) is 0 Å². The van der Waals surface area contributed by atoms with E-state index >= 15 is 0 Å². The molecule has 3 rings (SSSR count). The van der Waals surface area contributed by atoms with Crippen LogP contribution < -0.4 is 0 Å². The Balaban J connectivity index is 2.60. The molecule has 2 aromatic carbocycles. The normalized spacial score (nSPS) is 11.2. The van der Waals surface area contributed by atoms with E-state index in [-0.39, 0.29) is 0 Å². The zero-order valence-corrected chi connectivity index (χ0v) is 8.88. The molecular weight excluding hydrogens is 240 g/mol. The summed E-state index contributed by atoms with van der Waals surface area (Å²) in [6, 6.07) is 12.4.